The first kappa shape index (κ1) is 13.2. The van der Waals surface area contributed by atoms with Crippen molar-refractivity contribution in [2.45, 2.75) is 13.0 Å². The summed E-state index contributed by atoms with van der Waals surface area (Å²) in [7, 11) is 0. The van der Waals surface area contributed by atoms with E-state index >= 15 is 0 Å². The van der Waals surface area contributed by atoms with Gasteiger partial charge in [0.1, 0.15) is 0 Å². The Labute approximate surface area is 112 Å². The lowest BCUT2D eigenvalue weighted by Crippen LogP contribution is -2.38. The molecule has 2 amide bonds. The molecule has 0 radical (unpaired) electrons. The molecule has 5 heteroatoms. The Morgan fingerprint density at radius 3 is 2.78 bits per heavy atom. The highest BCUT2D eigenvalue weighted by molar-refractivity contribution is 6.30. The van der Waals surface area contributed by atoms with Crippen molar-refractivity contribution in [3.05, 3.63) is 34.9 Å². The zero-order valence-corrected chi connectivity index (χ0v) is 11.0. The number of hydrogen-bond acceptors (Lipinski definition) is 2. The number of rotatable bonds is 4. The molecule has 1 aliphatic heterocycles. The number of carbonyl (C=O) groups excluding carboxylic acids is 1. The van der Waals surface area contributed by atoms with E-state index in [0.717, 1.165) is 31.6 Å². The van der Waals surface area contributed by atoms with E-state index in [1.165, 1.54) is 0 Å². The third-order valence-electron chi connectivity index (χ3n) is 3.08. The lowest BCUT2D eigenvalue weighted by Gasteiger charge is -2.11. The fourth-order valence-electron chi connectivity index (χ4n) is 1.97. The van der Waals surface area contributed by atoms with Gasteiger partial charge < -0.3 is 16.0 Å². The molecular formula is C13H18ClN3O. The normalized spacial score (nSPS) is 18.6. The maximum atomic E-state index is 11.6. The van der Waals surface area contributed by atoms with Crippen LogP contribution >= 0.6 is 11.6 Å². The smallest absolute Gasteiger partial charge is 0.315 e. The Bertz CT molecular complexity index is 388. The van der Waals surface area contributed by atoms with E-state index in [-0.39, 0.29) is 6.03 Å². The largest absolute Gasteiger partial charge is 0.338 e. The van der Waals surface area contributed by atoms with Crippen LogP contribution in [-0.4, -0.2) is 25.7 Å². The van der Waals surface area contributed by atoms with Gasteiger partial charge in [-0.05, 0) is 43.1 Å². The van der Waals surface area contributed by atoms with Crippen LogP contribution < -0.4 is 16.0 Å². The van der Waals surface area contributed by atoms with Crippen molar-refractivity contribution in [2.75, 3.05) is 19.6 Å². The van der Waals surface area contributed by atoms with Crippen molar-refractivity contribution in [1.29, 1.82) is 0 Å². The van der Waals surface area contributed by atoms with Crippen molar-refractivity contribution in [2.24, 2.45) is 5.92 Å². The molecule has 3 N–H and O–H groups in total. The van der Waals surface area contributed by atoms with Crippen molar-refractivity contribution in [1.82, 2.24) is 16.0 Å². The lowest BCUT2D eigenvalue weighted by molar-refractivity contribution is 0.239. The van der Waals surface area contributed by atoms with Crippen LogP contribution in [0.3, 0.4) is 0 Å². The second kappa shape index (κ2) is 6.61. The molecule has 4 nitrogen and oxygen atoms in total. The van der Waals surface area contributed by atoms with Crippen molar-refractivity contribution in [3.63, 3.8) is 0 Å². The molecule has 1 aromatic rings. The molecule has 1 unspecified atom stereocenters. The van der Waals surface area contributed by atoms with Crippen LogP contribution in [0, 0.1) is 5.92 Å². The fourth-order valence-corrected chi connectivity index (χ4v) is 2.10. The Morgan fingerprint density at radius 1 is 1.33 bits per heavy atom. The van der Waals surface area contributed by atoms with Gasteiger partial charge in [-0.2, -0.15) is 0 Å². The van der Waals surface area contributed by atoms with Crippen LogP contribution in [0.15, 0.2) is 24.3 Å². The summed E-state index contributed by atoms with van der Waals surface area (Å²) in [5, 5.41) is 9.70. The molecule has 1 atom stereocenters. The summed E-state index contributed by atoms with van der Waals surface area (Å²) in [5.74, 6) is 0.561. The van der Waals surface area contributed by atoms with Crippen molar-refractivity contribution < 1.29 is 4.79 Å². The van der Waals surface area contributed by atoms with Crippen LogP contribution in [0.25, 0.3) is 0 Å². The van der Waals surface area contributed by atoms with E-state index < -0.39 is 0 Å². The molecule has 0 saturated carbocycles. The van der Waals surface area contributed by atoms with Gasteiger partial charge in [-0.15, -0.1) is 0 Å². The molecule has 0 bridgehead atoms. The van der Waals surface area contributed by atoms with Crippen LogP contribution in [0.2, 0.25) is 5.02 Å². The molecule has 1 aliphatic rings. The molecule has 1 aromatic carbocycles. The van der Waals surface area contributed by atoms with Crippen LogP contribution in [0.5, 0.6) is 0 Å². The average molecular weight is 268 g/mol. The van der Waals surface area contributed by atoms with E-state index in [9.17, 15) is 4.79 Å². The van der Waals surface area contributed by atoms with Crippen molar-refractivity contribution >= 4 is 17.6 Å². The van der Waals surface area contributed by atoms with Crippen molar-refractivity contribution in [3.8, 4) is 0 Å². The Morgan fingerprint density at radius 2 is 2.11 bits per heavy atom. The minimum atomic E-state index is -0.114. The molecule has 98 valence electrons. The maximum absolute atomic E-state index is 11.6. The fraction of sp³-hybridized carbons (Fsp3) is 0.462. The summed E-state index contributed by atoms with van der Waals surface area (Å²) in [6.07, 6.45) is 1.14. The molecule has 1 heterocycles. The standard InChI is InChI=1S/C13H18ClN3O/c14-12-3-1-10(2-4-12)8-16-13(18)17-9-11-5-6-15-7-11/h1-4,11,15H,5-9H2,(H2,16,17,18). The summed E-state index contributed by atoms with van der Waals surface area (Å²) in [6, 6.07) is 7.34. The van der Waals surface area contributed by atoms with Gasteiger partial charge in [-0.25, -0.2) is 4.79 Å². The van der Waals surface area contributed by atoms with Gasteiger partial charge in [0.05, 0.1) is 0 Å². The van der Waals surface area contributed by atoms with Gasteiger partial charge >= 0.3 is 6.03 Å². The highest BCUT2D eigenvalue weighted by Gasteiger charge is 2.14. The second-order valence-electron chi connectivity index (χ2n) is 4.55. The van der Waals surface area contributed by atoms with E-state index in [1.807, 2.05) is 24.3 Å². The number of benzene rings is 1. The van der Waals surface area contributed by atoms with Crippen LogP contribution in [0.1, 0.15) is 12.0 Å². The topological polar surface area (TPSA) is 53.2 Å². The predicted molar refractivity (Wildman–Crippen MR) is 72.7 cm³/mol. The van der Waals surface area contributed by atoms with Gasteiger partial charge in [0.15, 0.2) is 0 Å². The average Bonchev–Trinajstić information content (AvgIpc) is 2.89. The number of nitrogens with one attached hydrogen (secondary N) is 3. The van der Waals surface area contributed by atoms with Crippen LogP contribution in [0.4, 0.5) is 4.79 Å². The molecule has 0 aromatic heterocycles. The molecule has 1 fully saturated rings. The quantitative estimate of drug-likeness (QED) is 0.779. The third kappa shape index (κ3) is 4.20. The predicted octanol–water partition coefficient (Wildman–Crippen LogP) is 1.75. The van der Waals surface area contributed by atoms with Gasteiger partial charge in [0.2, 0.25) is 0 Å². The molecule has 18 heavy (non-hydrogen) atoms. The molecule has 0 aliphatic carbocycles. The van der Waals surface area contributed by atoms with Gasteiger partial charge in [-0.1, -0.05) is 23.7 Å². The van der Waals surface area contributed by atoms with Gasteiger partial charge in [-0.3, -0.25) is 0 Å². The highest BCUT2D eigenvalue weighted by Crippen LogP contribution is 2.09. The Balaban J connectivity index is 1.66. The van der Waals surface area contributed by atoms with E-state index in [2.05, 4.69) is 16.0 Å². The zero-order valence-electron chi connectivity index (χ0n) is 10.2. The highest BCUT2D eigenvalue weighted by atomic mass is 35.5. The maximum Gasteiger partial charge on any atom is 0.315 e. The minimum Gasteiger partial charge on any atom is -0.338 e. The summed E-state index contributed by atoms with van der Waals surface area (Å²) in [6.45, 7) is 3.31. The minimum absolute atomic E-state index is 0.114. The summed E-state index contributed by atoms with van der Waals surface area (Å²) in [4.78, 5) is 11.6. The number of urea groups is 1. The molecule has 0 spiro atoms. The van der Waals surface area contributed by atoms with E-state index in [1.54, 1.807) is 0 Å². The Kier molecular flexibility index (Phi) is 4.84. The number of carbonyl (C=O) groups is 1. The molecule has 2 rings (SSSR count). The number of amides is 2. The van der Waals surface area contributed by atoms with Gasteiger partial charge in [0.25, 0.3) is 0 Å². The third-order valence-corrected chi connectivity index (χ3v) is 3.33. The summed E-state index contributed by atoms with van der Waals surface area (Å²) >= 11 is 5.79. The summed E-state index contributed by atoms with van der Waals surface area (Å²) in [5.41, 5.74) is 1.04. The molecule has 1 saturated heterocycles. The number of hydrogen-bond donors (Lipinski definition) is 3. The summed E-state index contributed by atoms with van der Waals surface area (Å²) < 4.78 is 0. The first-order valence-electron chi connectivity index (χ1n) is 6.21. The Hall–Kier alpha value is -1.26. The first-order chi connectivity index (χ1) is 8.74. The monoisotopic (exact) mass is 267 g/mol. The van der Waals surface area contributed by atoms with Gasteiger partial charge in [0, 0.05) is 18.1 Å². The zero-order chi connectivity index (χ0) is 12.8. The van der Waals surface area contributed by atoms with Crippen LogP contribution in [-0.2, 0) is 6.54 Å². The van der Waals surface area contributed by atoms with E-state index in [4.69, 9.17) is 11.6 Å². The first-order valence-corrected chi connectivity index (χ1v) is 6.58. The lowest BCUT2D eigenvalue weighted by atomic mass is 10.1. The van der Waals surface area contributed by atoms with E-state index in [0.29, 0.717) is 17.5 Å². The second-order valence-corrected chi connectivity index (χ2v) is 4.99. The number of halogens is 1. The SMILES string of the molecule is O=C(NCc1ccc(Cl)cc1)NCC1CCNC1. The molecular weight excluding hydrogens is 250 g/mol.